The highest BCUT2D eigenvalue weighted by molar-refractivity contribution is 5.82. The standard InChI is InChI=1S/C20H30O4/c1-19-9-8-16-14(15(19)5-6-17(19)22)4-3-12-11-13(21)7-10-20(12,16)18(23)24-2/h3,13-17,21-22H,4-11H2,1-2H3. The molecule has 4 heteroatoms. The number of allylic oxidation sites excluding steroid dienone is 1. The Balaban J connectivity index is 1.75. The number of aliphatic hydroxyl groups excluding tert-OH is 2. The van der Waals surface area contributed by atoms with E-state index < -0.39 is 5.41 Å². The van der Waals surface area contributed by atoms with Gasteiger partial charge in [0.15, 0.2) is 0 Å². The minimum Gasteiger partial charge on any atom is -0.468 e. The second-order valence-electron chi connectivity index (χ2n) is 8.84. The molecule has 0 amide bonds. The molecule has 0 heterocycles. The van der Waals surface area contributed by atoms with Crippen LogP contribution in [0.1, 0.15) is 58.3 Å². The van der Waals surface area contributed by atoms with Crippen LogP contribution in [-0.2, 0) is 9.53 Å². The van der Waals surface area contributed by atoms with Crippen molar-refractivity contribution in [2.24, 2.45) is 28.6 Å². The van der Waals surface area contributed by atoms with E-state index in [0.717, 1.165) is 37.7 Å². The van der Waals surface area contributed by atoms with Crippen molar-refractivity contribution in [1.29, 1.82) is 0 Å². The van der Waals surface area contributed by atoms with E-state index in [2.05, 4.69) is 13.0 Å². The van der Waals surface area contributed by atoms with Gasteiger partial charge in [-0.15, -0.1) is 0 Å². The first kappa shape index (κ1) is 16.6. The zero-order chi connectivity index (χ0) is 17.1. The molecule has 0 bridgehead atoms. The van der Waals surface area contributed by atoms with Crippen molar-refractivity contribution in [3.05, 3.63) is 11.6 Å². The van der Waals surface area contributed by atoms with Crippen LogP contribution < -0.4 is 0 Å². The third-order valence-electron chi connectivity index (χ3n) is 8.11. The monoisotopic (exact) mass is 334 g/mol. The number of methoxy groups -OCH3 is 1. The average molecular weight is 334 g/mol. The second-order valence-corrected chi connectivity index (χ2v) is 8.84. The molecule has 3 fully saturated rings. The van der Waals surface area contributed by atoms with E-state index in [4.69, 9.17) is 4.74 Å². The largest absolute Gasteiger partial charge is 0.468 e. The lowest BCUT2D eigenvalue weighted by molar-refractivity contribution is -0.164. The Hall–Kier alpha value is -0.870. The van der Waals surface area contributed by atoms with E-state index >= 15 is 0 Å². The SMILES string of the molecule is COC(=O)C12CCC(O)CC1=CCC1C2CCC2(C)C(O)CCC12. The van der Waals surface area contributed by atoms with Gasteiger partial charge in [0, 0.05) is 0 Å². The summed E-state index contributed by atoms with van der Waals surface area (Å²) >= 11 is 0. The van der Waals surface area contributed by atoms with Gasteiger partial charge in [0.05, 0.1) is 24.7 Å². The third-order valence-corrected chi connectivity index (χ3v) is 8.11. The van der Waals surface area contributed by atoms with Gasteiger partial charge < -0.3 is 14.9 Å². The van der Waals surface area contributed by atoms with Crippen molar-refractivity contribution in [1.82, 2.24) is 0 Å². The van der Waals surface area contributed by atoms with Gasteiger partial charge in [-0.05, 0) is 74.5 Å². The fourth-order valence-electron chi connectivity index (χ4n) is 6.83. The van der Waals surface area contributed by atoms with Crippen molar-refractivity contribution in [3.8, 4) is 0 Å². The maximum atomic E-state index is 12.9. The molecule has 0 aliphatic heterocycles. The van der Waals surface area contributed by atoms with Crippen LogP contribution in [-0.4, -0.2) is 35.5 Å². The Morgan fingerprint density at radius 3 is 2.71 bits per heavy atom. The summed E-state index contributed by atoms with van der Waals surface area (Å²) in [5.74, 6) is 1.16. The highest BCUT2D eigenvalue weighted by Crippen LogP contribution is 2.65. The van der Waals surface area contributed by atoms with Gasteiger partial charge in [0.1, 0.15) is 0 Å². The topological polar surface area (TPSA) is 66.8 Å². The maximum Gasteiger partial charge on any atom is 0.316 e. The zero-order valence-electron chi connectivity index (χ0n) is 14.8. The van der Waals surface area contributed by atoms with Crippen LogP contribution in [0.2, 0.25) is 0 Å². The summed E-state index contributed by atoms with van der Waals surface area (Å²) in [6.45, 7) is 2.25. The number of hydrogen-bond donors (Lipinski definition) is 2. The molecule has 0 aromatic rings. The molecule has 24 heavy (non-hydrogen) atoms. The van der Waals surface area contributed by atoms with Gasteiger partial charge in [-0.2, -0.15) is 0 Å². The summed E-state index contributed by atoms with van der Waals surface area (Å²) in [5, 5.41) is 20.6. The average Bonchev–Trinajstić information content (AvgIpc) is 2.89. The molecule has 0 radical (unpaired) electrons. The van der Waals surface area contributed by atoms with E-state index in [1.807, 2.05) is 0 Å². The van der Waals surface area contributed by atoms with Gasteiger partial charge in [0.25, 0.3) is 0 Å². The minimum absolute atomic E-state index is 0.0119. The number of rotatable bonds is 1. The van der Waals surface area contributed by atoms with E-state index in [-0.39, 0.29) is 23.6 Å². The van der Waals surface area contributed by atoms with E-state index in [1.165, 1.54) is 7.11 Å². The Morgan fingerprint density at radius 2 is 1.96 bits per heavy atom. The Morgan fingerprint density at radius 1 is 1.17 bits per heavy atom. The second kappa shape index (κ2) is 5.57. The number of aliphatic hydroxyl groups is 2. The van der Waals surface area contributed by atoms with Gasteiger partial charge in [-0.25, -0.2) is 0 Å². The first-order chi connectivity index (χ1) is 11.4. The highest BCUT2D eigenvalue weighted by atomic mass is 16.5. The highest BCUT2D eigenvalue weighted by Gasteiger charge is 2.62. The lowest BCUT2D eigenvalue weighted by Gasteiger charge is -2.57. The summed E-state index contributed by atoms with van der Waals surface area (Å²) in [6, 6.07) is 0. The van der Waals surface area contributed by atoms with Crippen LogP contribution in [0, 0.1) is 28.6 Å². The predicted molar refractivity (Wildman–Crippen MR) is 90.1 cm³/mol. The molecular formula is C20H30O4. The van der Waals surface area contributed by atoms with Crippen molar-refractivity contribution in [2.75, 3.05) is 7.11 Å². The summed E-state index contributed by atoms with van der Waals surface area (Å²) in [5.41, 5.74) is 0.612. The molecule has 4 rings (SSSR count). The molecule has 4 nitrogen and oxygen atoms in total. The number of carbonyl (C=O) groups is 1. The first-order valence-corrected chi connectivity index (χ1v) is 9.57. The van der Waals surface area contributed by atoms with Gasteiger partial charge in [-0.1, -0.05) is 18.6 Å². The van der Waals surface area contributed by atoms with Crippen LogP contribution >= 0.6 is 0 Å². The summed E-state index contributed by atoms with van der Waals surface area (Å²) < 4.78 is 5.28. The molecule has 0 aromatic carbocycles. The van der Waals surface area contributed by atoms with Crippen molar-refractivity contribution in [2.45, 2.75) is 70.5 Å². The van der Waals surface area contributed by atoms with Crippen LogP contribution in [0.25, 0.3) is 0 Å². The zero-order valence-corrected chi connectivity index (χ0v) is 14.8. The summed E-state index contributed by atoms with van der Waals surface area (Å²) in [6.07, 6.45) is 8.64. The Bertz CT molecular complexity index is 570. The van der Waals surface area contributed by atoms with E-state index in [0.29, 0.717) is 37.0 Å². The molecule has 3 saturated carbocycles. The minimum atomic E-state index is -0.522. The number of esters is 1. The summed E-state index contributed by atoms with van der Waals surface area (Å²) in [7, 11) is 1.50. The smallest absolute Gasteiger partial charge is 0.316 e. The van der Waals surface area contributed by atoms with Crippen LogP contribution in [0.15, 0.2) is 11.6 Å². The van der Waals surface area contributed by atoms with Gasteiger partial charge in [0.2, 0.25) is 0 Å². The van der Waals surface area contributed by atoms with Crippen molar-refractivity contribution >= 4 is 5.97 Å². The van der Waals surface area contributed by atoms with E-state index in [1.54, 1.807) is 0 Å². The van der Waals surface area contributed by atoms with Gasteiger partial charge in [-0.3, -0.25) is 4.79 Å². The fraction of sp³-hybridized carbons (Fsp3) is 0.850. The molecule has 0 spiro atoms. The van der Waals surface area contributed by atoms with Crippen molar-refractivity contribution in [3.63, 3.8) is 0 Å². The fourth-order valence-corrected chi connectivity index (χ4v) is 6.83. The quantitative estimate of drug-likeness (QED) is 0.572. The Labute approximate surface area is 144 Å². The number of carbonyl (C=O) groups excluding carboxylic acids is 1. The molecule has 134 valence electrons. The van der Waals surface area contributed by atoms with Crippen LogP contribution in [0.5, 0.6) is 0 Å². The molecule has 7 atom stereocenters. The number of hydrogen-bond acceptors (Lipinski definition) is 4. The molecule has 4 aliphatic rings. The number of fused-ring (bicyclic) bond motifs is 5. The molecule has 0 aromatic heterocycles. The lowest BCUT2D eigenvalue weighted by Crippen LogP contribution is -2.55. The third kappa shape index (κ3) is 2.02. The normalized spacial score (nSPS) is 50.3. The molecule has 7 unspecified atom stereocenters. The van der Waals surface area contributed by atoms with Crippen LogP contribution in [0.3, 0.4) is 0 Å². The van der Waals surface area contributed by atoms with Crippen LogP contribution in [0.4, 0.5) is 0 Å². The molecular weight excluding hydrogens is 304 g/mol. The first-order valence-electron chi connectivity index (χ1n) is 9.57. The number of ether oxygens (including phenoxy) is 1. The Kier molecular flexibility index (Phi) is 3.85. The predicted octanol–water partition coefficient (Wildman–Crippen LogP) is 2.82. The molecule has 4 aliphatic carbocycles. The lowest BCUT2D eigenvalue weighted by atomic mass is 9.47. The van der Waals surface area contributed by atoms with Crippen molar-refractivity contribution < 1.29 is 19.7 Å². The maximum absolute atomic E-state index is 12.9. The van der Waals surface area contributed by atoms with E-state index in [9.17, 15) is 15.0 Å². The summed E-state index contributed by atoms with van der Waals surface area (Å²) in [4.78, 5) is 12.9. The molecule has 2 N–H and O–H groups in total. The molecule has 0 saturated heterocycles. The van der Waals surface area contributed by atoms with Gasteiger partial charge >= 0.3 is 5.97 Å².